The number of nitrogens with zero attached hydrogens (tertiary/aromatic N) is 2. The van der Waals surface area contributed by atoms with Crippen molar-refractivity contribution in [1.82, 2.24) is 9.80 Å². The summed E-state index contributed by atoms with van der Waals surface area (Å²) in [6, 6.07) is 4.97. The number of fused-ring (bicyclic) bond motifs is 4. The van der Waals surface area contributed by atoms with E-state index in [0.29, 0.717) is 67.2 Å². The molecule has 276 valence electrons. The van der Waals surface area contributed by atoms with E-state index in [9.17, 15) is 22.6 Å². The van der Waals surface area contributed by atoms with Crippen molar-refractivity contribution >= 4 is 46.2 Å². The van der Waals surface area contributed by atoms with Gasteiger partial charge in [-0.15, -0.1) is 0 Å². The van der Waals surface area contributed by atoms with Crippen LogP contribution >= 0.6 is 0 Å². The molecule has 2 saturated heterocycles. The van der Waals surface area contributed by atoms with Crippen molar-refractivity contribution in [3.8, 4) is 23.0 Å². The van der Waals surface area contributed by atoms with E-state index in [2.05, 4.69) is 46.1 Å². The summed E-state index contributed by atoms with van der Waals surface area (Å²) in [5, 5.41) is 9.00. The summed E-state index contributed by atoms with van der Waals surface area (Å²) in [5.74, 6) is 0.710. The van der Waals surface area contributed by atoms with Crippen LogP contribution in [0.1, 0.15) is 52.8 Å². The first-order valence-electron chi connectivity index (χ1n) is 16.2. The fourth-order valence-electron chi connectivity index (χ4n) is 6.86. The van der Waals surface area contributed by atoms with E-state index in [1.54, 1.807) is 17.0 Å². The van der Waals surface area contributed by atoms with Crippen molar-refractivity contribution in [3.05, 3.63) is 59.7 Å². The molecular weight excluding hydrogens is 754 g/mol. The van der Waals surface area contributed by atoms with Crippen molar-refractivity contribution < 1.29 is 115 Å². The number of methoxy groups -OCH3 is 2. The molecule has 4 atom stereocenters. The number of amides is 2. The molecule has 53 heavy (non-hydrogen) atoms. The zero-order valence-electron chi connectivity index (χ0n) is 30.0. The number of nitrogens with one attached hydrogen (secondary N) is 2. The van der Waals surface area contributed by atoms with Gasteiger partial charge in [-0.2, -0.15) is 4.89 Å². The Kier molecular flexibility index (Phi) is 15.3. The molecule has 4 heterocycles. The van der Waals surface area contributed by atoms with Crippen molar-refractivity contribution in [2.75, 3.05) is 51.2 Å². The number of rotatable bonds is 14. The van der Waals surface area contributed by atoms with E-state index in [-0.39, 0.29) is 107 Å². The van der Waals surface area contributed by atoms with E-state index < -0.39 is 39.7 Å². The van der Waals surface area contributed by atoms with E-state index in [4.69, 9.17) is 23.8 Å². The first kappa shape index (κ1) is 43.5. The number of anilines is 2. The molecule has 2 aromatic carbocycles. The average molecular weight is 793 g/mol. The average Bonchev–Trinajstić information content (AvgIpc) is 3.63. The minimum Gasteiger partial charge on any atom is -0.746 e. The summed E-state index contributed by atoms with van der Waals surface area (Å²) >= 11 is 4.37. The Balaban J connectivity index is 0.00000314. The number of unbranched alkanes of at least 4 members (excludes halogenated alkanes) is 2. The standard InChI is InChI=1S/C33H40N4O12S2.2Na/c1-18-10-24-30(47-48-49-50)34-22-14-28(26(43-3)12-20(22)32(38)36(24)16-18)45-8-6-5-7-9-46-29-15-23-21(13-27(29)44-4)33(39)37-17-19(2)11-25(37)31(35-23)51(40,41)42;;/h12-15,24-25,30-31,34-35,50H,1-2,5-11,16-17H2,3-4H3,(H,40,41,42);;/q;2*+1/p-2/t24-,25-,30?,31?;;/m0../s1. The molecule has 2 N–H and O–H groups in total. The van der Waals surface area contributed by atoms with Gasteiger partial charge in [0.2, 0.25) is 0 Å². The number of benzene rings is 2. The zero-order chi connectivity index (χ0) is 36.4. The summed E-state index contributed by atoms with van der Waals surface area (Å²) in [6.07, 6.45) is 1.88. The minimum atomic E-state index is -4.83. The predicted octanol–water partition coefficient (Wildman–Crippen LogP) is -2.73. The molecular formula is C33H38N4Na2O12S2. The molecule has 6 rings (SSSR count). The van der Waals surface area contributed by atoms with Crippen LogP contribution in [-0.4, -0.2) is 98.8 Å². The van der Waals surface area contributed by atoms with Crippen LogP contribution in [0.25, 0.3) is 0 Å². The number of carbonyl (C=O) groups excluding carboxylic acids is 2. The molecule has 16 nitrogen and oxygen atoms in total. The van der Waals surface area contributed by atoms with Gasteiger partial charge in [0.05, 0.1) is 62.0 Å². The number of carbonyl (C=O) groups is 2. The van der Waals surface area contributed by atoms with Crippen LogP contribution in [0.3, 0.4) is 0 Å². The Morgan fingerprint density at radius 3 is 1.77 bits per heavy atom. The fourth-order valence-corrected chi connectivity index (χ4v) is 7.80. The monoisotopic (exact) mass is 792 g/mol. The Bertz CT molecular complexity index is 1840. The van der Waals surface area contributed by atoms with Gasteiger partial charge >= 0.3 is 59.1 Å². The normalized spacial score (nSPS) is 21.7. The van der Waals surface area contributed by atoms with Gasteiger partial charge in [0.25, 0.3) is 11.8 Å². The second-order valence-corrected chi connectivity index (χ2v) is 14.2. The summed E-state index contributed by atoms with van der Waals surface area (Å²) in [4.78, 5) is 35.2. The van der Waals surface area contributed by atoms with Crippen LogP contribution in [0.4, 0.5) is 11.4 Å². The molecule has 0 aliphatic carbocycles. The van der Waals surface area contributed by atoms with Gasteiger partial charge < -0.3 is 61.2 Å². The van der Waals surface area contributed by atoms with E-state index in [1.807, 2.05) is 0 Å². The first-order valence-corrected chi connectivity index (χ1v) is 18.0. The second kappa shape index (κ2) is 18.6. The van der Waals surface area contributed by atoms with E-state index >= 15 is 0 Å². The van der Waals surface area contributed by atoms with Crippen molar-refractivity contribution in [2.45, 2.75) is 55.8 Å². The van der Waals surface area contributed by atoms with Crippen molar-refractivity contribution in [1.29, 1.82) is 0 Å². The van der Waals surface area contributed by atoms with E-state index in [0.717, 1.165) is 5.57 Å². The van der Waals surface area contributed by atoms with Gasteiger partial charge in [-0.1, -0.05) is 29.3 Å². The van der Waals surface area contributed by atoms with Crippen molar-refractivity contribution in [3.63, 3.8) is 0 Å². The molecule has 4 aliphatic rings. The molecule has 2 amide bonds. The van der Waals surface area contributed by atoms with Gasteiger partial charge in [0.1, 0.15) is 15.5 Å². The van der Waals surface area contributed by atoms with Crippen LogP contribution in [0, 0.1) is 0 Å². The van der Waals surface area contributed by atoms with E-state index in [1.165, 1.54) is 31.3 Å². The summed E-state index contributed by atoms with van der Waals surface area (Å²) in [5.41, 5.74) is 2.70. The summed E-state index contributed by atoms with van der Waals surface area (Å²) in [6.45, 7) is 9.02. The van der Waals surface area contributed by atoms with Crippen LogP contribution in [0.5, 0.6) is 23.0 Å². The van der Waals surface area contributed by atoms with Gasteiger partial charge in [-0.05, 0) is 44.2 Å². The molecule has 0 spiro atoms. The Morgan fingerprint density at radius 1 is 0.792 bits per heavy atom. The van der Waals surface area contributed by atoms with Crippen LogP contribution in [0.15, 0.2) is 48.6 Å². The minimum absolute atomic E-state index is 0. The predicted molar refractivity (Wildman–Crippen MR) is 183 cm³/mol. The van der Waals surface area contributed by atoms with Crippen molar-refractivity contribution in [2.24, 2.45) is 0 Å². The quantitative estimate of drug-likeness (QED) is 0.0382. The summed E-state index contributed by atoms with van der Waals surface area (Å²) < 4.78 is 64.0. The van der Waals surface area contributed by atoms with Gasteiger partial charge in [-0.25, -0.2) is 8.42 Å². The van der Waals surface area contributed by atoms with Crippen LogP contribution in [-0.2, 0) is 37.3 Å². The molecule has 2 fully saturated rings. The third-order valence-electron chi connectivity index (χ3n) is 9.25. The molecule has 0 radical (unpaired) electrons. The zero-order valence-corrected chi connectivity index (χ0v) is 35.6. The number of ether oxygens (including phenoxy) is 4. The van der Waals surface area contributed by atoms with Crippen LogP contribution < -0.4 is 88.7 Å². The van der Waals surface area contributed by atoms with Gasteiger partial charge in [0.15, 0.2) is 29.2 Å². The maximum Gasteiger partial charge on any atom is 1.00 e. The van der Waals surface area contributed by atoms with Gasteiger partial charge in [0, 0.05) is 25.2 Å². The molecule has 0 bridgehead atoms. The Morgan fingerprint density at radius 2 is 1.28 bits per heavy atom. The maximum atomic E-state index is 13.5. The Hall–Kier alpha value is -2.20. The fraction of sp³-hybridized carbons (Fsp3) is 0.455. The molecule has 2 unspecified atom stereocenters. The molecule has 4 aliphatic heterocycles. The molecule has 0 saturated carbocycles. The third-order valence-corrected chi connectivity index (χ3v) is 10.4. The topological polar surface area (TPSA) is 186 Å². The third kappa shape index (κ3) is 9.44. The molecule has 2 aromatic rings. The first-order chi connectivity index (χ1) is 24.4. The number of hydrogen-bond acceptors (Lipinski definition) is 15. The maximum absolute atomic E-state index is 13.5. The second-order valence-electron chi connectivity index (χ2n) is 12.6. The Labute approximate surface area is 357 Å². The SMILES string of the molecule is C=C1C[C@H]2C(OOO[S-])Nc3cc(OCCCCCOc4cc5c(cc4OC)C(=O)N4CC(=C)C[C@H]4C(S(=O)(=O)[O-])N5)c(OC)cc3C(=O)N2C1.[Na+].[Na+]. The smallest absolute Gasteiger partial charge is 0.746 e. The number of hydrogen-bond donors (Lipinski definition) is 2. The van der Waals surface area contributed by atoms with Gasteiger partial charge in [-0.3, -0.25) is 9.59 Å². The molecule has 0 aromatic heterocycles. The van der Waals surface area contributed by atoms with Crippen LogP contribution in [0.2, 0.25) is 0 Å². The largest absolute Gasteiger partial charge is 1.00 e. The summed E-state index contributed by atoms with van der Waals surface area (Å²) in [7, 11) is -1.90. The molecule has 20 heteroatoms.